The normalized spacial score (nSPS) is 9.25. The van der Waals surface area contributed by atoms with Gasteiger partial charge in [0.25, 0.3) is 0 Å². The van der Waals surface area contributed by atoms with Crippen LogP contribution in [0.2, 0.25) is 13.6 Å². The highest BCUT2D eigenvalue weighted by atomic mass is 16.3. The lowest BCUT2D eigenvalue weighted by Gasteiger charge is -1.89. The first kappa shape index (κ1) is 5.48. The van der Waals surface area contributed by atoms with Gasteiger partial charge in [-0.05, 0) is 11.5 Å². The summed E-state index contributed by atoms with van der Waals surface area (Å²) in [6.07, 6.45) is 3.49. The number of hydrogen-bond donors (Lipinski definition) is 0. The summed E-state index contributed by atoms with van der Waals surface area (Å²) in [7, 11) is 0. The second kappa shape index (κ2) is 2.08. The van der Waals surface area contributed by atoms with Crippen LogP contribution >= 0.6 is 0 Å². The first-order chi connectivity index (χ1) is 3.80. The Kier molecular flexibility index (Phi) is 1.42. The second-order valence-corrected chi connectivity index (χ2v) is 2.21. The van der Waals surface area contributed by atoms with Crippen LogP contribution < -0.4 is 5.46 Å². The summed E-state index contributed by atoms with van der Waals surface area (Å²) in [6.45, 7) is 4.88. The highest BCUT2D eigenvalue weighted by Crippen LogP contribution is 1.86. The summed E-state index contributed by atoms with van der Waals surface area (Å²) in [5, 5.41) is 0. The summed E-state index contributed by atoms with van der Waals surface area (Å²) in [5.74, 6) is 0. The molecule has 1 heterocycles. The Hall–Kier alpha value is -0.655. The van der Waals surface area contributed by atoms with Crippen LogP contribution in [-0.4, -0.2) is 6.71 Å². The molecule has 42 valence electrons. The molecule has 0 fully saturated rings. The SMILES string of the molecule is CB(C)c1ccoc1. The molecule has 1 aromatic rings. The molecular formula is C6H9BO. The minimum atomic E-state index is 0.591. The van der Waals surface area contributed by atoms with E-state index in [1.165, 1.54) is 5.46 Å². The van der Waals surface area contributed by atoms with Crippen LogP contribution in [0.25, 0.3) is 0 Å². The first-order valence-corrected chi connectivity index (χ1v) is 2.83. The third-order valence-electron chi connectivity index (χ3n) is 1.21. The number of hydrogen-bond acceptors (Lipinski definition) is 1. The minimum Gasteiger partial charge on any atom is -0.473 e. The summed E-state index contributed by atoms with van der Waals surface area (Å²) >= 11 is 0. The average Bonchev–Trinajstić information content (AvgIpc) is 2.12. The van der Waals surface area contributed by atoms with Crippen LogP contribution in [0.5, 0.6) is 0 Å². The van der Waals surface area contributed by atoms with Gasteiger partial charge in [0.2, 0.25) is 0 Å². The van der Waals surface area contributed by atoms with Crippen LogP contribution in [0.1, 0.15) is 0 Å². The van der Waals surface area contributed by atoms with Gasteiger partial charge in [-0.25, -0.2) is 0 Å². The van der Waals surface area contributed by atoms with Crippen LogP contribution in [0.3, 0.4) is 0 Å². The molecule has 0 aliphatic rings. The zero-order chi connectivity index (χ0) is 5.98. The van der Waals surface area contributed by atoms with Gasteiger partial charge in [0, 0.05) is 0 Å². The van der Waals surface area contributed by atoms with E-state index in [9.17, 15) is 0 Å². The molecule has 8 heavy (non-hydrogen) atoms. The smallest absolute Gasteiger partial charge is 0.173 e. The third-order valence-corrected chi connectivity index (χ3v) is 1.21. The van der Waals surface area contributed by atoms with Crippen molar-refractivity contribution in [2.75, 3.05) is 0 Å². The molecule has 0 aliphatic heterocycles. The van der Waals surface area contributed by atoms with Crippen molar-refractivity contribution in [1.29, 1.82) is 0 Å². The summed E-state index contributed by atoms with van der Waals surface area (Å²) in [6, 6.07) is 1.99. The predicted octanol–water partition coefficient (Wildman–Crippen LogP) is 1.24. The fraction of sp³-hybridized carbons (Fsp3) is 0.333. The van der Waals surface area contributed by atoms with E-state index in [1.807, 2.05) is 6.07 Å². The summed E-state index contributed by atoms with van der Waals surface area (Å²) < 4.78 is 4.88. The van der Waals surface area contributed by atoms with Gasteiger partial charge in [0.05, 0.1) is 12.5 Å². The fourth-order valence-corrected chi connectivity index (χ4v) is 0.604. The summed E-state index contributed by atoms with van der Waals surface area (Å²) in [5.41, 5.74) is 1.27. The van der Waals surface area contributed by atoms with E-state index in [-0.39, 0.29) is 0 Å². The number of furan rings is 1. The van der Waals surface area contributed by atoms with Crippen molar-refractivity contribution in [2.24, 2.45) is 0 Å². The van der Waals surface area contributed by atoms with E-state index in [1.54, 1.807) is 12.5 Å². The molecule has 0 aromatic carbocycles. The molecule has 1 nitrogen and oxygen atoms in total. The van der Waals surface area contributed by atoms with Gasteiger partial charge >= 0.3 is 0 Å². The van der Waals surface area contributed by atoms with Crippen LogP contribution in [0.15, 0.2) is 23.0 Å². The Labute approximate surface area is 49.8 Å². The fourth-order valence-electron chi connectivity index (χ4n) is 0.604. The van der Waals surface area contributed by atoms with Crippen LogP contribution in [-0.2, 0) is 0 Å². The van der Waals surface area contributed by atoms with Crippen molar-refractivity contribution in [3.8, 4) is 0 Å². The van der Waals surface area contributed by atoms with Crippen molar-refractivity contribution < 1.29 is 4.42 Å². The maximum absolute atomic E-state index is 4.88. The zero-order valence-corrected chi connectivity index (χ0v) is 5.22. The zero-order valence-electron chi connectivity index (χ0n) is 5.22. The van der Waals surface area contributed by atoms with Gasteiger partial charge < -0.3 is 4.42 Å². The van der Waals surface area contributed by atoms with Gasteiger partial charge in [0.15, 0.2) is 6.71 Å². The monoisotopic (exact) mass is 108 g/mol. The molecule has 0 spiro atoms. The lowest BCUT2D eigenvalue weighted by Crippen LogP contribution is -2.19. The van der Waals surface area contributed by atoms with Gasteiger partial charge in [-0.3, -0.25) is 0 Å². The highest BCUT2D eigenvalue weighted by molar-refractivity contribution is 6.70. The molecule has 1 rings (SSSR count). The van der Waals surface area contributed by atoms with E-state index in [4.69, 9.17) is 4.42 Å². The maximum Gasteiger partial charge on any atom is 0.173 e. The Morgan fingerprint density at radius 2 is 2.25 bits per heavy atom. The van der Waals surface area contributed by atoms with Crippen molar-refractivity contribution in [1.82, 2.24) is 0 Å². The van der Waals surface area contributed by atoms with Crippen molar-refractivity contribution in [2.45, 2.75) is 13.6 Å². The molecule has 0 aliphatic carbocycles. The van der Waals surface area contributed by atoms with E-state index >= 15 is 0 Å². The Morgan fingerprint density at radius 3 is 2.50 bits per heavy atom. The van der Waals surface area contributed by atoms with Crippen molar-refractivity contribution >= 4 is 12.2 Å². The Bertz CT molecular complexity index is 144. The molecule has 1 aromatic heterocycles. The molecule has 0 amide bonds. The van der Waals surface area contributed by atoms with E-state index in [0.717, 1.165) is 0 Å². The van der Waals surface area contributed by atoms with Gasteiger partial charge in [-0.1, -0.05) is 13.6 Å². The van der Waals surface area contributed by atoms with Crippen LogP contribution in [0.4, 0.5) is 0 Å². The lowest BCUT2D eigenvalue weighted by atomic mass is 9.50. The quantitative estimate of drug-likeness (QED) is 0.493. The topological polar surface area (TPSA) is 13.1 Å². The average molecular weight is 108 g/mol. The molecular weight excluding hydrogens is 98.9 g/mol. The number of rotatable bonds is 1. The Balaban J connectivity index is 2.77. The molecule has 0 unspecified atom stereocenters. The first-order valence-electron chi connectivity index (χ1n) is 2.83. The third kappa shape index (κ3) is 0.943. The van der Waals surface area contributed by atoms with E-state index in [0.29, 0.717) is 6.71 Å². The van der Waals surface area contributed by atoms with Gasteiger partial charge in [0.1, 0.15) is 0 Å². The second-order valence-electron chi connectivity index (χ2n) is 2.21. The largest absolute Gasteiger partial charge is 0.473 e. The molecule has 0 atom stereocenters. The molecule has 0 N–H and O–H groups in total. The van der Waals surface area contributed by atoms with E-state index in [2.05, 4.69) is 13.6 Å². The molecule has 0 radical (unpaired) electrons. The highest BCUT2D eigenvalue weighted by Gasteiger charge is 2.01. The molecule has 0 saturated heterocycles. The van der Waals surface area contributed by atoms with Crippen molar-refractivity contribution in [3.05, 3.63) is 18.6 Å². The molecule has 2 heteroatoms. The molecule has 0 saturated carbocycles. The van der Waals surface area contributed by atoms with Gasteiger partial charge in [-0.2, -0.15) is 0 Å². The summed E-state index contributed by atoms with van der Waals surface area (Å²) in [4.78, 5) is 0. The van der Waals surface area contributed by atoms with Gasteiger partial charge in [-0.15, -0.1) is 0 Å². The predicted molar refractivity (Wildman–Crippen MR) is 35.8 cm³/mol. The maximum atomic E-state index is 4.88. The van der Waals surface area contributed by atoms with Crippen molar-refractivity contribution in [3.63, 3.8) is 0 Å². The van der Waals surface area contributed by atoms with E-state index < -0.39 is 0 Å². The lowest BCUT2D eigenvalue weighted by molar-refractivity contribution is 0.569. The standard InChI is InChI=1S/C6H9BO/c1-7(2)6-3-4-8-5-6/h3-5H,1-2H3. The minimum absolute atomic E-state index is 0.591. The van der Waals surface area contributed by atoms with Crippen LogP contribution in [0, 0.1) is 0 Å². The Morgan fingerprint density at radius 1 is 1.50 bits per heavy atom. The molecule has 0 bridgehead atoms.